The Bertz CT molecular complexity index is 561. The molecule has 0 fully saturated rings. The molecule has 0 heterocycles. The van der Waals surface area contributed by atoms with Crippen LogP contribution >= 0.6 is 0 Å². The predicted molar refractivity (Wildman–Crippen MR) is 70.7 cm³/mol. The van der Waals surface area contributed by atoms with Gasteiger partial charge < -0.3 is 25.5 Å². The van der Waals surface area contributed by atoms with Crippen molar-refractivity contribution in [1.29, 1.82) is 0 Å². The molecule has 0 spiro atoms. The van der Waals surface area contributed by atoms with E-state index in [0.717, 1.165) is 35.5 Å². The summed E-state index contributed by atoms with van der Waals surface area (Å²) < 4.78 is 0. The number of carboxylic acid groups (broad SMARTS) is 2. The van der Waals surface area contributed by atoms with E-state index in [1.54, 1.807) is 0 Å². The first-order chi connectivity index (χ1) is 9.41. The molecule has 7 heteroatoms. The Labute approximate surface area is 214 Å². The largest absolute Gasteiger partial charge is 1.00 e. The molecular weight excluding hydrogens is 336 g/mol. The Morgan fingerprint density at radius 1 is 0.818 bits per heavy atom. The molecule has 0 bridgehead atoms. The average molecular weight is 349 g/mol. The van der Waals surface area contributed by atoms with Crippen LogP contribution in [0, 0.1) is 6.92 Å². The third kappa shape index (κ3) is 8.92. The van der Waals surface area contributed by atoms with Gasteiger partial charge in [-0.05, 0) is 29.7 Å². The van der Waals surface area contributed by atoms with Gasteiger partial charge in [0.15, 0.2) is 0 Å². The number of para-hydroxylation sites is 1. The summed E-state index contributed by atoms with van der Waals surface area (Å²) in [5.41, 5.74) is 7.42. The fraction of sp³-hybridized carbons (Fsp3) is 0.0667. The average Bonchev–Trinajstić information content (AvgIpc) is 2.43. The number of aryl methyl sites for hydroxylation is 1. The van der Waals surface area contributed by atoms with E-state index in [0.29, 0.717) is 0 Å². The van der Waals surface area contributed by atoms with Crippen LogP contribution < -0.4 is 119 Å². The molecule has 0 saturated heterocycles. The number of nitrogen functional groups attached to an aromatic ring is 1. The molecule has 0 unspecified atom stereocenters. The fourth-order valence-corrected chi connectivity index (χ4v) is 1.33. The third-order valence-electron chi connectivity index (χ3n) is 2.54. The Balaban J connectivity index is 0. The van der Waals surface area contributed by atoms with E-state index < -0.39 is 11.9 Å². The smallest absolute Gasteiger partial charge is 0.545 e. The van der Waals surface area contributed by atoms with E-state index in [1.165, 1.54) is 0 Å². The normalized spacial score (nSPS) is 8.41. The molecule has 22 heavy (non-hydrogen) atoms. The standard InChI is InChI=1S/C8H6O4.C7H9N.2K/c9-7(10)5-1-2-6(4-3-5)8(11)12;1-6-4-2-3-5-7(6)8;;/h1-4H,(H,9,10)(H,11,12);2-5H,8H2,1H3;;/q;;2*+1/p-2. The van der Waals surface area contributed by atoms with Crippen molar-refractivity contribution in [2.75, 3.05) is 5.73 Å². The molecule has 2 aromatic rings. The van der Waals surface area contributed by atoms with Crippen LogP contribution in [0.1, 0.15) is 26.3 Å². The summed E-state index contributed by atoms with van der Waals surface area (Å²) in [7, 11) is 0. The van der Waals surface area contributed by atoms with Crippen molar-refractivity contribution in [3.05, 3.63) is 65.2 Å². The summed E-state index contributed by atoms with van der Waals surface area (Å²) in [4.78, 5) is 20.4. The van der Waals surface area contributed by atoms with Gasteiger partial charge in [-0.3, -0.25) is 0 Å². The number of carbonyl (C=O) groups excluding carboxylic acids is 2. The maximum Gasteiger partial charge on any atom is 1.00 e. The molecule has 0 saturated carbocycles. The predicted octanol–water partition coefficient (Wildman–Crippen LogP) is -6.00. The Hall–Kier alpha value is 0.453. The van der Waals surface area contributed by atoms with E-state index in [1.807, 2.05) is 31.2 Å². The monoisotopic (exact) mass is 349 g/mol. The second-order valence-electron chi connectivity index (χ2n) is 4.01. The van der Waals surface area contributed by atoms with Crippen molar-refractivity contribution < 1.29 is 123 Å². The first kappa shape index (κ1) is 24.7. The number of rotatable bonds is 2. The quantitative estimate of drug-likeness (QED) is 0.429. The van der Waals surface area contributed by atoms with Gasteiger partial charge in [0, 0.05) is 5.69 Å². The second-order valence-corrected chi connectivity index (χ2v) is 4.01. The molecule has 2 rings (SSSR count). The van der Waals surface area contributed by atoms with Crippen LogP contribution in [0.2, 0.25) is 0 Å². The van der Waals surface area contributed by atoms with Crippen molar-refractivity contribution >= 4 is 17.6 Å². The first-order valence-electron chi connectivity index (χ1n) is 5.75. The summed E-state index contributed by atoms with van der Waals surface area (Å²) >= 11 is 0. The molecule has 0 aliphatic carbocycles. The Morgan fingerprint density at radius 2 is 1.18 bits per heavy atom. The van der Waals surface area contributed by atoms with Crippen LogP contribution in [0.3, 0.4) is 0 Å². The van der Waals surface area contributed by atoms with E-state index >= 15 is 0 Å². The van der Waals surface area contributed by atoms with Crippen molar-refractivity contribution in [1.82, 2.24) is 0 Å². The molecule has 0 atom stereocenters. The van der Waals surface area contributed by atoms with Gasteiger partial charge in [0.2, 0.25) is 0 Å². The zero-order valence-corrected chi connectivity index (χ0v) is 19.1. The number of aromatic carboxylic acids is 2. The molecule has 0 amide bonds. The van der Waals surface area contributed by atoms with Gasteiger partial charge in [-0.15, -0.1) is 0 Å². The fourth-order valence-electron chi connectivity index (χ4n) is 1.33. The van der Waals surface area contributed by atoms with Gasteiger partial charge in [0.1, 0.15) is 0 Å². The molecule has 2 N–H and O–H groups in total. The number of hydrogen-bond donors (Lipinski definition) is 1. The molecule has 5 nitrogen and oxygen atoms in total. The van der Waals surface area contributed by atoms with E-state index in [9.17, 15) is 19.8 Å². The van der Waals surface area contributed by atoms with Crippen molar-refractivity contribution in [2.45, 2.75) is 6.92 Å². The van der Waals surface area contributed by atoms with E-state index in [2.05, 4.69) is 0 Å². The van der Waals surface area contributed by atoms with Gasteiger partial charge in [-0.25, -0.2) is 0 Å². The maximum atomic E-state index is 10.2. The van der Waals surface area contributed by atoms with Gasteiger partial charge in [0.05, 0.1) is 11.9 Å². The summed E-state index contributed by atoms with van der Waals surface area (Å²) in [6.45, 7) is 2.00. The second kappa shape index (κ2) is 12.8. The van der Waals surface area contributed by atoms with Gasteiger partial charge in [-0.1, -0.05) is 42.5 Å². The minimum atomic E-state index is -1.33. The van der Waals surface area contributed by atoms with Crippen LogP contribution in [-0.2, 0) is 0 Å². The zero-order chi connectivity index (χ0) is 15.1. The maximum absolute atomic E-state index is 10.2. The van der Waals surface area contributed by atoms with E-state index in [-0.39, 0.29) is 114 Å². The molecule has 2 aromatic carbocycles. The zero-order valence-electron chi connectivity index (χ0n) is 12.8. The third-order valence-corrected chi connectivity index (χ3v) is 2.54. The number of hydrogen-bond acceptors (Lipinski definition) is 5. The molecule has 0 aliphatic heterocycles. The Kier molecular flexibility index (Phi) is 14.4. The van der Waals surface area contributed by atoms with Crippen LogP contribution in [-0.4, -0.2) is 11.9 Å². The number of benzene rings is 2. The number of carbonyl (C=O) groups is 2. The van der Waals surface area contributed by atoms with Crippen molar-refractivity contribution in [2.24, 2.45) is 0 Å². The minimum Gasteiger partial charge on any atom is -0.545 e. The first-order valence-corrected chi connectivity index (χ1v) is 5.75. The molecule has 0 aliphatic rings. The number of carboxylic acids is 2. The molecule has 0 aromatic heterocycles. The van der Waals surface area contributed by atoms with Crippen LogP contribution in [0.25, 0.3) is 0 Å². The summed E-state index contributed by atoms with van der Waals surface area (Å²) in [6, 6.07) is 12.4. The van der Waals surface area contributed by atoms with Crippen molar-refractivity contribution in [3.63, 3.8) is 0 Å². The minimum absolute atomic E-state index is 0. The number of nitrogens with two attached hydrogens (primary N) is 1. The van der Waals surface area contributed by atoms with Gasteiger partial charge in [0.25, 0.3) is 0 Å². The Morgan fingerprint density at radius 3 is 1.41 bits per heavy atom. The topological polar surface area (TPSA) is 106 Å². The summed E-state index contributed by atoms with van der Waals surface area (Å²) in [5.74, 6) is -2.67. The van der Waals surface area contributed by atoms with Crippen LogP contribution in [0.15, 0.2) is 48.5 Å². The van der Waals surface area contributed by atoms with Crippen LogP contribution in [0.5, 0.6) is 0 Å². The molecular formula is C15H13K2NO4. The SMILES string of the molecule is Cc1ccccc1N.O=C([O-])c1ccc(C(=O)[O-])cc1.[K+].[K+]. The van der Waals surface area contributed by atoms with Crippen LogP contribution in [0.4, 0.5) is 5.69 Å². The van der Waals surface area contributed by atoms with E-state index in [4.69, 9.17) is 5.73 Å². The van der Waals surface area contributed by atoms with Gasteiger partial charge >= 0.3 is 103 Å². The summed E-state index contributed by atoms with van der Waals surface area (Å²) in [5, 5.41) is 20.4. The van der Waals surface area contributed by atoms with Gasteiger partial charge in [-0.2, -0.15) is 0 Å². The van der Waals surface area contributed by atoms with Crippen molar-refractivity contribution in [3.8, 4) is 0 Å². The summed E-state index contributed by atoms with van der Waals surface area (Å²) in [6.07, 6.45) is 0. The molecule has 104 valence electrons. The number of anilines is 1. The molecule has 0 radical (unpaired) electrons.